The van der Waals surface area contributed by atoms with Gasteiger partial charge in [-0.2, -0.15) is 0 Å². The van der Waals surface area contributed by atoms with Crippen molar-refractivity contribution >= 4 is 22.5 Å². The molecule has 0 aliphatic carbocycles. The minimum absolute atomic E-state index is 0.707. The molecule has 21 heavy (non-hydrogen) atoms. The van der Waals surface area contributed by atoms with Crippen LogP contribution >= 0.6 is 11.3 Å². The predicted molar refractivity (Wildman–Crippen MR) is 88.4 cm³/mol. The second-order valence-corrected chi connectivity index (χ2v) is 6.50. The number of fused-ring (bicyclic) bond motifs is 1. The first-order valence-corrected chi connectivity index (χ1v) is 8.08. The van der Waals surface area contributed by atoms with Crippen molar-refractivity contribution in [3.05, 3.63) is 46.2 Å². The molecular formula is C16H20N4S. The second kappa shape index (κ2) is 6.37. The molecule has 0 aromatic carbocycles. The van der Waals surface area contributed by atoms with Gasteiger partial charge in [-0.1, -0.05) is 12.1 Å². The van der Waals surface area contributed by atoms with Gasteiger partial charge in [0.05, 0.1) is 11.4 Å². The molecule has 0 radical (unpaired) electrons. The molecule has 2 aromatic heterocycles. The van der Waals surface area contributed by atoms with Crippen molar-refractivity contribution in [2.75, 3.05) is 25.4 Å². The number of hydrogen-bond acceptors (Lipinski definition) is 5. The molecule has 0 saturated heterocycles. The smallest absolute Gasteiger partial charge is 0.180 e. The van der Waals surface area contributed by atoms with Gasteiger partial charge in [-0.25, -0.2) is 4.98 Å². The number of anilines is 1. The van der Waals surface area contributed by atoms with Gasteiger partial charge in [0.2, 0.25) is 0 Å². The fourth-order valence-electron chi connectivity index (χ4n) is 2.51. The number of hydrogen-bond donors (Lipinski definition) is 1. The van der Waals surface area contributed by atoms with Crippen molar-refractivity contribution in [3.8, 4) is 0 Å². The first-order chi connectivity index (χ1) is 10.2. The topological polar surface area (TPSA) is 55.0 Å². The fourth-order valence-corrected chi connectivity index (χ4v) is 3.38. The van der Waals surface area contributed by atoms with Crippen LogP contribution in [0.4, 0.5) is 5.13 Å². The number of rotatable bonds is 3. The van der Waals surface area contributed by atoms with E-state index >= 15 is 0 Å². The lowest BCUT2D eigenvalue weighted by Crippen LogP contribution is -2.26. The largest absolute Gasteiger partial charge is 0.375 e. The van der Waals surface area contributed by atoms with Gasteiger partial charge < -0.3 is 5.73 Å². The Balaban J connectivity index is 1.55. The van der Waals surface area contributed by atoms with E-state index in [1.165, 1.54) is 16.1 Å². The molecule has 1 aliphatic heterocycles. The van der Waals surface area contributed by atoms with Crippen molar-refractivity contribution < 1.29 is 0 Å². The molecule has 0 bridgehead atoms. The zero-order chi connectivity index (χ0) is 14.7. The fraction of sp³-hybridized carbons (Fsp3) is 0.375. The molecule has 3 heterocycles. The van der Waals surface area contributed by atoms with Gasteiger partial charge in [0.25, 0.3) is 0 Å². The highest BCUT2D eigenvalue weighted by molar-refractivity contribution is 7.15. The normalized spacial score (nSPS) is 16.0. The summed E-state index contributed by atoms with van der Waals surface area (Å²) in [4.78, 5) is 12.6. The number of aryl methyl sites for hydroxylation is 1. The van der Waals surface area contributed by atoms with Crippen LogP contribution in [0.1, 0.15) is 21.8 Å². The lowest BCUT2D eigenvalue weighted by Gasteiger charge is -2.17. The number of pyridine rings is 1. The van der Waals surface area contributed by atoms with E-state index in [-0.39, 0.29) is 0 Å². The Morgan fingerprint density at radius 2 is 2.19 bits per heavy atom. The molecule has 2 N–H and O–H groups in total. The first kappa shape index (κ1) is 14.2. The third-order valence-electron chi connectivity index (χ3n) is 3.70. The lowest BCUT2D eigenvalue weighted by atomic mass is 10.2. The zero-order valence-corrected chi connectivity index (χ0v) is 13.1. The summed E-state index contributed by atoms with van der Waals surface area (Å²) in [5.41, 5.74) is 9.18. The van der Waals surface area contributed by atoms with E-state index in [0.717, 1.165) is 38.2 Å². The lowest BCUT2D eigenvalue weighted by molar-refractivity contribution is 0.318. The minimum atomic E-state index is 0.707. The Morgan fingerprint density at radius 1 is 1.33 bits per heavy atom. The van der Waals surface area contributed by atoms with Crippen LogP contribution in [0.2, 0.25) is 0 Å². The Hall–Kier alpha value is -1.72. The van der Waals surface area contributed by atoms with Gasteiger partial charge in [-0.3, -0.25) is 9.88 Å². The Kier molecular flexibility index (Phi) is 4.31. The van der Waals surface area contributed by atoms with Crippen LogP contribution in [0.25, 0.3) is 6.08 Å². The van der Waals surface area contributed by atoms with Crippen LogP contribution in [-0.2, 0) is 12.8 Å². The molecule has 5 heteroatoms. The molecule has 0 spiro atoms. The number of nitrogens with two attached hydrogens (primary N) is 1. The van der Waals surface area contributed by atoms with Gasteiger partial charge in [-0.05, 0) is 31.1 Å². The predicted octanol–water partition coefficient (Wildman–Crippen LogP) is 2.54. The summed E-state index contributed by atoms with van der Waals surface area (Å²) in [6.45, 7) is 5.12. The highest BCUT2D eigenvalue weighted by Crippen LogP contribution is 2.24. The number of thiazole rings is 1. The molecule has 0 unspecified atom stereocenters. The molecule has 0 atom stereocenters. The van der Waals surface area contributed by atoms with Crippen molar-refractivity contribution in [1.82, 2.24) is 14.9 Å². The van der Waals surface area contributed by atoms with Crippen LogP contribution in [0.5, 0.6) is 0 Å². The number of nitrogen functional groups attached to an aromatic ring is 1. The molecule has 4 nitrogen and oxygen atoms in total. The Labute approximate surface area is 129 Å². The third kappa shape index (κ3) is 3.68. The Bertz CT molecular complexity index is 605. The number of nitrogens with zero attached hydrogens (tertiary/aromatic N) is 3. The van der Waals surface area contributed by atoms with Crippen molar-refractivity contribution in [3.63, 3.8) is 0 Å². The summed E-state index contributed by atoms with van der Waals surface area (Å²) in [7, 11) is 0. The van der Waals surface area contributed by atoms with Gasteiger partial charge >= 0.3 is 0 Å². The van der Waals surface area contributed by atoms with E-state index in [0.29, 0.717) is 5.13 Å². The maximum absolute atomic E-state index is 5.77. The maximum Gasteiger partial charge on any atom is 0.180 e. The van der Waals surface area contributed by atoms with Gasteiger partial charge in [0.15, 0.2) is 5.13 Å². The van der Waals surface area contributed by atoms with Crippen LogP contribution in [-0.4, -0.2) is 34.5 Å². The quantitative estimate of drug-likeness (QED) is 0.946. The summed E-state index contributed by atoms with van der Waals surface area (Å²) >= 11 is 1.64. The van der Waals surface area contributed by atoms with Crippen LogP contribution in [0.15, 0.2) is 24.4 Å². The molecule has 110 valence electrons. The Morgan fingerprint density at radius 3 is 3.00 bits per heavy atom. The summed E-state index contributed by atoms with van der Waals surface area (Å²) in [5.74, 6) is 0. The van der Waals surface area contributed by atoms with Gasteiger partial charge in [-0.15, -0.1) is 11.3 Å². The average Bonchev–Trinajstić information content (AvgIpc) is 2.73. The molecular weight excluding hydrogens is 280 g/mol. The summed E-state index contributed by atoms with van der Waals surface area (Å²) < 4.78 is 0. The SMILES string of the molecule is Cc1ccc(C=CCN2CCc3nc(N)sc3CC2)nc1. The monoisotopic (exact) mass is 300 g/mol. The van der Waals surface area contributed by atoms with Gasteiger partial charge in [0, 0.05) is 37.1 Å². The average molecular weight is 300 g/mol. The van der Waals surface area contributed by atoms with Crippen LogP contribution in [0, 0.1) is 6.92 Å². The van der Waals surface area contributed by atoms with Crippen LogP contribution in [0.3, 0.4) is 0 Å². The molecule has 3 rings (SSSR count). The van der Waals surface area contributed by atoms with Crippen LogP contribution < -0.4 is 5.73 Å². The first-order valence-electron chi connectivity index (χ1n) is 7.26. The van der Waals surface area contributed by atoms with E-state index in [1.807, 2.05) is 6.20 Å². The van der Waals surface area contributed by atoms with E-state index in [1.54, 1.807) is 11.3 Å². The highest BCUT2D eigenvalue weighted by atomic mass is 32.1. The standard InChI is InChI=1S/C16H20N4S/c1-12-4-5-13(18-11-12)3-2-8-20-9-6-14-15(7-10-20)21-16(17)19-14/h2-5,11H,6-10H2,1H3,(H2,17,19). The van der Waals surface area contributed by atoms with E-state index in [9.17, 15) is 0 Å². The number of aromatic nitrogens is 2. The summed E-state index contributed by atoms with van der Waals surface area (Å²) in [5, 5.41) is 0.707. The van der Waals surface area contributed by atoms with E-state index in [4.69, 9.17) is 5.73 Å². The zero-order valence-electron chi connectivity index (χ0n) is 12.2. The van der Waals surface area contributed by atoms with Crippen molar-refractivity contribution in [2.24, 2.45) is 0 Å². The highest BCUT2D eigenvalue weighted by Gasteiger charge is 2.16. The van der Waals surface area contributed by atoms with Crippen molar-refractivity contribution in [2.45, 2.75) is 19.8 Å². The molecule has 2 aromatic rings. The molecule has 1 aliphatic rings. The van der Waals surface area contributed by atoms with E-state index < -0.39 is 0 Å². The van der Waals surface area contributed by atoms with Crippen molar-refractivity contribution in [1.29, 1.82) is 0 Å². The summed E-state index contributed by atoms with van der Waals surface area (Å²) in [6.07, 6.45) is 8.25. The third-order valence-corrected chi connectivity index (χ3v) is 4.69. The minimum Gasteiger partial charge on any atom is -0.375 e. The second-order valence-electron chi connectivity index (χ2n) is 5.39. The molecule has 0 amide bonds. The molecule has 0 fully saturated rings. The van der Waals surface area contributed by atoms with Gasteiger partial charge in [0.1, 0.15) is 0 Å². The molecule has 0 saturated carbocycles. The maximum atomic E-state index is 5.77. The van der Waals surface area contributed by atoms with E-state index in [2.05, 4.69) is 46.1 Å². The summed E-state index contributed by atoms with van der Waals surface area (Å²) in [6, 6.07) is 4.14.